The van der Waals surface area contributed by atoms with Gasteiger partial charge in [-0.15, -0.1) is 5.10 Å². The van der Waals surface area contributed by atoms with Crippen molar-refractivity contribution < 1.29 is 9.84 Å². The van der Waals surface area contributed by atoms with Crippen LogP contribution in [0, 0.1) is 12.8 Å². The lowest BCUT2D eigenvalue weighted by molar-refractivity contribution is 0.157. The Bertz CT molecular complexity index is 912. The summed E-state index contributed by atoms with van der Waals surface area (Å²) in [5.41, 5.74) is 1.12. The van der Waals surface area contributed by atoms with Crippen molar-refractivity contribution in [3.63, 3.8) is 0 Å². The number of aryl methyl sites for hydroxylation is 1. The van der Waals surface area contributed by atoms with Crippen molar-refractivity contribution in [2.75, 3.05) is 20.2 Å². The van der Waals surface area contributed by atoms with Gasteiger partial charge >= 0.3 is 0 Å². The van der Waals surface area contributed by atoms with Gasteiger partial charge in [-0.25, -0.2) is 4.98 Å². The lowest BCUT2D eigenvalue weighted by Gasteiger charge is -2.36. The van der Waals surface area contributed by atoms with Gasteiger partial charge in [0.2, 0.25) is 10.8 Å². The highest BCUT2D eigenvalue weighted by Crippen LogP contribution is 2.41. The van der Waals surface area contributed by atoms with E-state index in [4.69, 9.17) is 4.74 Å². The maximum atomic E-state index is 10.9. The van der Waals surface area contributed by atoms with E-state index in [9.17, 15) is 5.11 Å². The molecule has 0 radical (unpaired) electrons. The van der Waals surface area contributed by atoms with Crippen LogP contribution in [0.15, 0.2) is 24.3 Å². The van der Waals surface area contributed by atoms with Gasteiger partial charge in [0, 0.05) is 0 Å². The van der Waals surface area contributed by atoms with E-state index in [1.807, 2.05) is 19.1 Å². The number of thiazole rings is 1. The summed E-state index contributed by atoms with van der Waals surface area (Å²) in [6, 6.07) is 8.10. The zero-order valence-corrected chi connectivity index (χ0v) is 16.2. The van der Waals surface area contributed by atoms with Gasteiger partial charge in [0.1, 0.15) is 11.6 Å². The van der Waals surface area contributed by atoms with Crippen LogP contribution < -0.4 is 4.74 Å². The second kappa shape index (κ2) is 6.89. The average Bonchev–Trinajstić information content (AvgIpc) is 3.15. The molecular formula is C19H24N4O2S. The number of nitrogens with zero attached hydrogens (tertiary/aromatic N) is 4. The largest absolute Gasteiger partial charge is 0.497 e. The fraction of sp³-hybridized carbons (Fsp3) is 0.474. The third kappa shape index (κ3) is 3.05. The fourth-order valence-corrected chi connectivity index (χ4v) is 4.82. The molecule has 0 saturated carbocycles. The predicted molar refractivity (Wildman–Crippen MR) is 102 cm³/mol. The molecule has 2 aromatic heterocycles. The number of ether oxygens (including phenoxy) is 1. The van der Waals surface area contributed by atoms with Gasteiger partial charge in [-0.05, 0) is 56.5 Å². The van der Waals surface area contributed by atoms with Crippen LogP contribution in [0.5, 0.6) is 11.6 Å². The second-order valence-corrected chi connectivity index (χ2v) is 8.05. The SMILES string of the molecule is COc1cccc([C@H](c2sc3nc(C)nn3c2O)N2CCC(C)CC2)c1. The van der Waals surface area contributed by atoms with E-state index in [0.717, 1.165) is 40.2 Å². The first-order chi connectivity index (χ1) is 12.6. The smallest absolute Gasteiger partial charge is 0.230 e. The third-order valence-corrected chi connectivity index (χ3v) is 6.22. The molecule has 1 atom stereocenters. The molecule has 138 valence electrons. The number of piperidine rings is 1. The lowest BCUT2D eigenvalue weighted by atomic mass is 9.95. The number of hydrogen-bond donors (Lipinski definition) is 1. The molecule has 7 heteroatoms. The molecule has 1 aliphatic rings. The summed E-state index contributed by atoms with van der Waals surface area (Å²) in [6.45, 7) is 6.16. The Morgan fingerprint density at radius 1 is 1.31 bits per heavy atom. The monoisotopic (exact) mass is 372 g/mol. The van der Waals surface area contributed by atoms with Gasteiger partial charge < -0.3 is 9.84 Å². The minimum absolute atomic E-state index is 0.0218. The molecule has 1 aliphatic heterocycles. The summed E-state index contributed by atoms with van der Waals surface area (Å²) in [6.07, 6.45) is 2.34. The first-order valence-corrected chi connectivity index (χ1v) is 9.81. The Labute approximate surface area is 157 Å². The van der Waals surface area contributed by atoms with E-state index in [2.05, 4.69) is 34.0 Å². The highest BCUT2D eigenvalue weighted by molar-refractivity contribution is 7.17. The van der Waals surface area contributed by atoms with Crippen molar-refractivity contribution in [3.8, 4) is 11.6 Å². The van der Waals surface area contributed by atoms with Gasteiger partial charge in [0.25, 0.3) is 0 Å². The molecule has 3 aromatic rings. The van der Waals surface area contributed by atoms with Crippen LogP contribution in [0.25, 0.3) is 4.96 Å². The Morgan fingerprint density at radius 2 is 2.08 bits per heavy atom. The van der Waals surface area contributed by atoms with Crippen LogP contribution >= 0.6 is 11.3 Å². The molecule has 4 rings (SSSR count). The molecule has 1 fully saturated rings. The van der Waals surface area contributed by atoms with E-state index in [1.54, 1.807) is 11.6 Å². The normalized spacial score (nSPS) is 17.7. The standard InChI is InChI=1S/C19H24N4O2S/c1-12-7-9-22(10-8-12)16(14-5-4-6-15(11-14)25-3)17-18(24)23-19(26-17)20-13(2)21-23/h4-6,11-12,16,24H,7-10H2,1-3H3/t16-/m1/s1. The molecule has 1 saturated heterocycles. The quantitative estimate of drug-likeness (QED) is 0.758. The van der Waals surface area contributed by atoms with Crippen LogP contribution in [0.2, 0.25) is 0 Å². The number of rotatable bonds is 4. The number of aromatic hydroxyl groups is 1. The number of likely N-dealkylation sites (tertiary alicyclic amines) is 1. The van der Waals surface area contributed by atoms with Crippen molar-refractivity contribution in [2.24, 2.45) is 5.92 Å². The Morgan fingerprint density at radius 3 is 2.77 bits per heavy atom. The molecule has 1 aromatic carbocycles. The van der Waals surface area contributed by atoms with Crippen molar-refractivity contribution in [1.82, 2.24) is 19.5 Å². The van der Waals surface area contributed by atoms with Gasteiger partial charge in [-0.2, -0.15) is 4.52 Å². The summed E-state index contributed by atoms with van der Waals surface area (Å²) in [4.78, 5) is 8.50. The number of fused-ring (bicyclic) bond motifs is 1. The Kier molecular flexibility index (Phi) is 4.58. The third-order valence-electron chi connectivity index (χ3n) is 5.15. The topological polar surface area (TPSA) is 62.9 Å². The summed E-state index contributed by atoms with van der Waals surface area (Å²) in [7, 11) is 1.68. The molecule has 3 heterocycles. The highest BCUT2D eigenvalue weighted by atomic mass is 32.1. The van der Waals surface area contributed by atoms with E-state index >= 15 is 0 Å². The molecule has 0 spiro atoms. The molecule has 26 heavy (non-hydrogen) atoms. The van der Waals surface area contributed by atoms with Crippen LogP contribution in [-0.4, -0.2) is 44.8 Å². The van der Waals surface area contributed by atoms with Crippen molar-refractivity contribution in [2.45, 2.75) is 32.7 Å². The molecule has 0 aliphatic carbocycles. The van der Waals surface area contributed by atoms with Crippen LogP contribution in [0.1, 0.15) is 42.1 Å². The Hall–Kier alpha value is -2.12. The van der Waals surface area contributed by atoms with Gasteiger partial charge in [-0.3, -0.25) is 4.90 Å². The number of methoxy groups -OCH3 is 1. The van der Waals surface area contributed by atoms with Gasteiger partial charge in [-0.1, -0.05) is 30.4 Å². The zero-order valence-electron chi connectivity index (χ0n) is 15.3. The summed E-state index contributed by atoms with van der Waals surface area (Å²) in [5.74, 6) is 2.43. The molecule has 6 nitrogen and oxygen atoms in total. The molecule has 0 amide bonds. The van der Waals surface area contributed by atoms with E-state index in [1.165, 1.54) is 24.2 Å². The number of benzene rings is 1. The number of aromatic nitrogens is 3. The minimum atomic E-state index is -0.0218. The minimum Gasteiger partial charge on any atom is -0.497 e. The molecular weight excluding hydrogens is 348 g/mol. The van der Waals surface area contributed by atoms with Gasteiger partial charge in [0.15, 0.2) is 0 Å². The zero-order chi connectivity index (χ0) is 18.3. The van der Waals surface area contributed by atoms with Crippen LogP contribution in [0.3, 0.4) is 0 Å². The molecule has 0 bridgehead atoms. The maximum Gasteiger partial charge on any atom is 0.230 e. The Balaban J connectivity index is 1.80. The fourth-order valence-electron chi connectivity index (χ4n) is 3.65. The van der Waals surface area contributed by atoms with E-state index in [-0.39, 0.29) is 11.9 Å². The van der Waals surface area contributed by atoms with Crippen molar-refractivity contribution in [3.05, 3.63) is 40.5 Å². The lowest BCUT2D eigenvalue weighted by Crippen LogP contribution is -2.36. The summed E-state index contributed by atoms with van der Waals surface area (Å²) >= 11 is 1.51. The maximum absolute atomic E-state index is 10.9. The van der Waals surface area contributed by atoms with Crippen LogP contribution in [0.4, 0.5) is 0 Å². The van der Waals surface area contributed by atoms with Crippen LogP contribution in [-0.2, 0) is 0 Å². The second-order valence-electron chi connectivity index (χ2n) is 7.04. The first-order valence-electron chi connectivity index (χ1n) is 9.00. The van der Waals surface area contributed by atoms with Gasteiger partial charge in [0.05, 0.1) is 18.0 Å². The number of hydrogen-bond acceptors (Lipinski definition) is 6. The first kappa shape index (κ1) is 17.3. The highest BCUT2D eigenvalue weighted by Gasteiger charge is 2.31. The molecule has 0 unspecified atom stereocenters. The van der Waals surface area contributed by atoms with Crippen molar-refractivity contribution in [1.29, 1.82) is 0 Å². The van der Waals surface area contributed by atoms with Crippen molar-refractivity contribution >= 4 is 16.3 Å². The average molecular weight is 372 g/mol. The summed E-state index contributed by atoms with van der Waals surface area (Å²) < 4.78 is 6.98. The van der Waals surface area contributed by atoms with E-state index < -0.39 is 0 Å². The molecule has 1 N–H and O–H groups in total. The summed E-state index contributed by atoms with van der Waals surface area (Å²) in [5, 5.41) is 15.2. The predicted octanol–water partition coefficient (Wildman–Crippen LogP) is 3.63. The van der Waals surface area contributed by atoms with E-state index in [0.29, 0.717) is 5.82 Å².